The van der Waals surface area contributed by atoms with E-state index in [1.54, 1.807) is 32.9 Å². The smallest absolute Gasteiger partial charge is 0.341 e. The van der Waals surface area contributed by atoms with Gasteiger partial charge in [0.2, 0.25) is 0 Å². The molecule has 150 valence electrons. The second-order valence-corrected chi connectivity index (χ2v) is 6.51. The quantitative estimate of drug-likeness (QED) is 0.193. The normalized spacial score (nSPS) is 13.6. The Kier molecular flexibility index (Phi) is 8.38. The zero-order chi connectivity index (χ0) is 21.4. The molecule has 1 aromatic carbocycles. The van der Waals surface area contributed by atoms with E-state index in [1.165, 1.54) is 12.1 Å². The van der Waals surface area contributed by atoms with Crippen LogP contribution in [0, 0.1) is 12.7 Å². The Labute approximate surface area is 165 Å². The maximum absolute atomic E-state index is 13.6. The lowest BCUT2D eigenvalue weighted by atomic mass is 9.98. The number of nitrogens with zero attached hydrogens (tertiary/aromatic N) is 1. The third-order valence-corrected chi connectivity index (χ3v) is 4.12. The number of anilines is 1. The van der Waals surface area contributed by atoms with Crippen LogP contribution < -0.4 is 5.73 Å². The van der Waals surface area contributed by atoms with Gasteiger partial charge in [-0.25, -0.2) is 9.18 Å². The number of allylic oxidation sites excluding steroid dienone is 5. The highest BCUT2D eigenvalue weighted by Gasteiger charge is 2.11. The number of hydrogen-bond acceptors (Lipinski definition) is 4. The predicted molar refractivity (Wildman–Crippen MR) is 113 cm³/mol. The van der Waals surface area contributed by atoms with Gasteiger partial charge in [-0.15, -0.1) is 0 Å². The predicted octanol–water partition coefficient (Wildman–Crippen LogP) is 5.00. The number of carboxylic acid groups (broad SMARTS) is 1. The molecular formula is C22H27FN2O3. The number of benzene rings is 1. The molecule has 0 atom stereocenters. The Morgan fingerprint density at radius 3 is 2.43 bits per heavy atom. The lowest BCUT2D eigenvalue weighted by molar-refractivity contribution is -0.132. The Hall–Kier alpha value is -3.15. The van der Waals surface area contributed by atoms with Gasteiger partial charge in [-0.05, 0) is 67.7 Å². The molecule has 5 nitrogen and oxygen atoms in total. The van der Waals surface area contributed by atoms with E-state index in [1.807, 2.05) is 6.92 Å². The summed E-state index contributed by atoms with van der Waals surface area (Å²) in [5.74, 6) is -2.03. The number of halogens is 1. The number of aliphatic imine (C=N–C) groups is 1. The molecule has 0 aliphatic carbocycles. The maximum Gasteiger partial charge on any atom is 0.341 e. The second kappa shape index (κ2) is 10.3. The minimum atomic E-state index is -1.26. The van der Waals surface area contributed by atoms with Gasteiger partial charge in [0.25, 0.3) is 0 Å². The number of hydrogen-bond donors (Lipinski definition) is 3. The Morgan fingerprint density at radius 1 is 1.25 bits per heavy atom. The number of aliphatic hydroxyl groups is 1. The van der Waals surface area contributed by atoms with Crippen molar-refractivity contribution < 1.29 is 19.4 Å². The fourth-order valence-corrected chi connectivity index (χ4v) is 2.34. The molecule has 0 spiro atoms. The van der Waals surface area contributed by atoms with E-state index in [-0.39, 0.29) is 22.8 Å². The number of nitrogens with two attached hydrogens (primary N) is 1. The van der Waals surface area contributed by atoms with E-state index in [0.29, 0.717) is 28.8 Å². The first-order chi connectivity index (χ1) is 13.1. The lowest BCUT2D eigenvalue weighted by Crippen LogP contribution is -2.06. The molecule has 1 rings (SSSR count). The van der Waals surface area contributed by atoms with Crippen LogP contribution in [0.5, 0.6) is 0 Å². The summed E-state index contributed by atoms with van der Waals surface area (Å²) in [5.41, 5.74) is 8.92. The van der Waals surface area contributed by atoms with Crippen LogP contribution >= 0.6 is 0 Å². The van der Waals surface area contributed by atoms with Crippen LogP contribution in [0.2, 0.25) is 0 Å². The minimum Gasteiger partial charge on any atom is -0.507 e. The fraction of sp³-hybridized carbons (Fsp3) is 0.273. The monoisotopic (exact) mass is 386 g/mol. The first-order valence-electron chi connectivity index (χ1n) is 8.86. The molecular weight excluding hydrogens is 359 g/mol. The average Bonchev–Trinajstić information content (AvgIpc) is 2.61. The highest BCUT2D eigenvalue weighted by Crippen LogP contribution is 2.26. The topological polar surface area (TPSA) is 95.9 Å². The molecule has 0 saturated carbocycles. The van der Waals surface area contributed by atoms with Gasteiger partial charge >= 0.3 is 5.97 Å². The van der Waals surface area contributed by atoms with Crippen molar-refractivity contribution in [3.63, 3.8) is 0 Å². The molecule has 0 heterocycles. The van der Waals surface area contributed by atoms with Crippen molar-refractivity contribution in [2.24, 2.45) is 4.99 Å². The number of carbonyl (C=O) groups is 1. The molecule has 0 unspecified atom stereocenters. The summed E-state index contributed by atoms with van der Waals surface area (Å²) in [4.78, 5) is 15.3. The van der Waals surface area contributed by atoms with Gasteiger partial charge in [-0.2, -0.15) is 0 Å². The second-order valence-electron chi connectivity index (χ2n) is 6.51. The number of aryl methyl sites for hydroxylation is 1. The molecule has 0 saturated heterocycles. The molecule has 0 aliphatic rings. The lowest BCUT2D eigenvalue weighted by Gasteiger charge is -2.10. The van der Waals surface area contributed by atoms with Gasteiger partial charge in [0, 0.05) is 24.0 Å². The van der Waals surface area contributed by atoms with Crippen molar-refractivity contribution in [3.8, 4) is 0 Å². The summed E-state index contributed by atoms with van der Waals surface area (Å²) in [5, 5.41) is 19.4. The summed E-state index contributed by atoms with van der Waals surface area (Å²) in [6, 6.07) is 2.88. The fourth-order valence-electron chi connectivity index (χ4n) is 2.34. The summed E-state index contributed by atoms with van der Waals surface area (Å²) < 4.78 is 13.6. The Morgan fingerprint density at radius 2 is 1.86 bits per heavy atom. The van der Waals surface area contributed by atoms with E-state index >= 15 is 0 Å². The maximum atomic E-state index is 13.6. The van der Waals surface area contributed by atoms with E-state index < -0.39 is 5.97 Å². The van der Waals surface area contributed by atoms with Gasteiger partial charge in [0.1, 0.15) is 17.1 Å². The van der Waals surface area contributed by atoms with Gasteiger partial charge in [-0.1, -0.05) is 19.6 Å². The zero-order valence-corrected chi connectivity index (χ0v) is 16.7. The van der Waals surface area contributed by atoms with E-state index in [9.17, 15) is 19.4 Å². The number of aliphatic carboxylic acids is 1. The van der Waals surface area contributed by atoms with Crippen molar-refractivity contribution in [3.05, 3.63) is 70.3 Å². The van der Waals surface area contributed by atoms with E-state index in [4.69, 9.17) is 5.73 Å². The molecule has 0 amide bonds. The van der Waals surface area contributed by atoms with Crippen LogP contribution in [0.3, 0.4) is 0 Å². The highest BCUT2D eigenvalue weighted by atomic mass is 19.1. The Balaban J connectivity index is 3.20. The van der Waals surface area contributed by atoms with Crippen LogP contribution in [0.25, 0.3) is 5.57 Å². The van der Waals surface area contributed by atoms with Crippen LogP contribution in [0.1, 0.15) is 38.3 Å². The van der Waals surface area contributed by atoms with Gasteiger partial charge in [0.15, 0.2) is 0 Å². The molecule has 28 heavy (non-hydrogen) atoms. The van der Waals surface area contributed by atoms with E-state index in [0.717, 1.165) is 18.2 Å². The van der Waals surface area contributed by atoms with Crippen molar-refractivity contribution in [2.45, 2.75) is 34.1 Å². The van der Waals surface area contributed by atoms with E-state index in [2.05, 4.69) is 11.6 Å². The first kappa shape index (κ1) is 22.9. The zero-order valence-electron chi connectivity index (χ0n) is 16.7. The Bertz CT molecular complexity index is 893. The number of nitrogen functional groups attached to an aromatic ring is 1. The van der Waals surface area contributed by atoms with Crippen LogP contribution in [-0.2, 0) is 4.79 Å². The minimum absolute atomic E-state index is 0.279. The third-order valence-electron chi connectivity index (χ3n) is 4.12. The molecule has 4 N–H and O–H groups in total. The summed E-state index contributed by atoms with van der Waals surface area (Å²) >= 11 is 0. The largest absolute Gasteiger partial charge is 0.507 e. The van der Waals surface area contributed by atoms with Crippen LogP contribution in [0.4, 0.5) is 10.1 Å². The molecule has 0 aromatic heterocycles. The van der Waals surface area contributed by atoms with Gasteiger partial charge in [-0.3, -0.25) is 4.99 Å². The number of carboxylic acids is 1. The SMILES string of the molecule is C=C(/C=C(C)/C(C)=C/C(O)=C(\C=NCCC)C(=O)O)c1cc(C)c(F)cc1N. The number of rotatable bonds is 8. The molecule has 0 aliphatic heterocycles. The summed E-state index contributed by atoms with van der Waals surface area (Å²) in [6.07, 6.45) is 5.04. The van der Waals surface area contributed by atoms with Crippen LogP contribution in [-0.4, -0.2) is 28.9 Å². The molecule has 0 radical (unpaired) electrons. The third kappa shape index (κ3) is 6.23. The van der Waals surface area contributed by atoms with Crippen molar-refractivity contribution >= 4 is 23.4 Å². The van der Waals surface area contributed by atoms with Gasteiger partial charge < -0.3 is 15.9 Å². The molecule has 6 heteroatoms. The standard InChI is InChI=1S/C22H27FN2O3/c1-6-7-25-12-18(22(27)28)21(26)10-14(3)13(2)8-15(4)17-9-16(5)19(23)11-20(17)24/h8-12,26H,4,6-7,24H2,1-3,5H3,(H,27,28)/b13-8+,14-10+,21-18-,25-12?. The van der Waals surface area contributed by atoms with Crippen LogP contribution in [0.15, 0.2) is 58.3 Å². The van der Waals surface area contributed by atoms with Gasteiger partial charge in [0.05, 0.1) is 0 Å². The number of aliphatic hydroxyl groups excluding tert-OH is 1. The van der Waals surface area contributed by atoms with Crippen molar-refractivity contribution in [2.75, 3.05) is 12.3 Å². The first-order valence-corrected chi connectivity index (χ1v) is 8.86. The average molecular weight is 386 g/mol. The molecule has 0 fully saturated rings. The van der Waals surface area contributed by atoms with Crippen molar-refractivity contribution in [1.82, 2.24) is 0 Å². The highest BCUT2D eigenvalue weighted by molar-refractivity contribution is 6.09. The molecule has 1 aromatic rings. The molecule has 0 bridgehead atoms. The summed E-state index contributed by atoms with van der Waals surface area (Å²) in [6.45, 7) is 11.5. The summed E-state index contributed by atoms with van der Waals surface area (Å²) in [7, 11) is 0. The van der Waals surface area contributed by atoms with Crippen molar-refractivity contribution in [1.29, 1.82) is 0 Å².